The Labute approximate surface area is 448 Å². The molecule has 0 spiro atoms. The standard InChI is InChI=1S/C63H92N8O4/c72-60(73)43-66-36-18-17-32-57(66)63-65-55-35-34-53(42-59(55)71(63)52-40-49-28-20-29-50(41-52)69(49)46-24-13-9-5-2-6-10-14-25-46)75-61(74)44-67-37-21-33-58(67)62-64-54-30-15-16-31-56(54)70(62)51-38-47-26-19-27-48(39-51)68(47)45-22-11-7-3-1-4-8-12-23-45/h15-16,30-31,34-35,42,45-52,57-58H,1-14,17-29,32-33,36-41,43-44H2,(H,72,73). The van der Waals surface area contributed by atoms with Gasteiger partial charge < -0.3 is 19.0 Å². The summed E-state index contributed by atoms with van der Waals surface area (Å²) in [4.78, 5) is 48.3. The average molecular weight is 1030 g/mol. The SMILES string of the molecule is O=C(O)CN1CCCCC1c1nc2ccc(OC(=O)CN3CCCC3c3nc4ccccc4n3C3CC4CCCC(C3)N4C3CCCCCCCCC3)cc2n1C1CC2CCCC(C1)N2C1CCCCCCCCC1. The number of para-hydroxylation sites is 2. The molecule has 8 heterocycles. The van der Waals surface area contributed by atoms with Gasteiger partial charge in [0.15, 0.2) is 0 Å². The average Bonchev–Trinajstić information content (AvgIpc) is 4.15. The number of hydrogen-bond donors (Lipinski definition) is 1. The number of piperidine rings is 5. The van der Waals surface area contributed by atoms with Crippen LogP contribution < -0.4 is 4.74 Å². The van der Waals surface area contributed by atoms with Gasteiger partial charge in [-0.3, -0.25) is 29.2 Å². The molecule has 2 aromatic carbocycles. The summed E-state index contributed by atoms with van der Waals surface area (Å²) in [5, 5.41) is 10.1. The summed E-state index contributed by atoms with van der Waals surface area (Å²) in [6.45, 7) is 1.86. The van der Waals surface area contributed by atoms with E-state index in [1.807, 2.05) is 6.07 Å². The minimum absolute atomic E-state index is 0.0244. The van der Waals surface area contributed by atoms with Gasteiger partial charge in [0.25, 0.3) is 0 Å². The van der Waals surface area contributed by atoms with Gasteiger partial charge in [-0.15, -0.1) is 0 Å². The number of carbonyl (C=O) groups is 2. The Hall–Kier alpha value is -3.84. The Bertz CT molecular complexity index is 2510. The molecule has 4 bridgehead atoms. The Morgan fingerprint density at radius 1 is 0.453 bits per heavy atom. The van der Waals surface area contributed by atoms with E-state index in [-0.39, 0.29) is 37.2 Å². The maximum absolute atomic E-state index is 14.4. The topological polar surface area (TPSA) is 112 Å². The van der Waals surface area contributed by atoms with Crippen molar-refractivity contribution < 1.29 is 19.4 Å². The lowest BCUT2D eigenvalue weighted by Gasteiger charge is -2.53. The Kier molecular flexibility index (Phi) is 16.6. The number of esters is 1. The highest BCUT2D eigenvalue weighted by Crippen LogP contribution is 2.48. The predicted octanol–water partition coefficient (Wildman–Crippen LogP) is 13.6. The molecule has 408 valence electrons. The number of ether oxygens (including phenoxy) is 1. The highest BCUT2D eigenvalue weighted by atomic mass is 16.5. The van der Waals surface area contributed by atoms with Gasteiger partial charge in [0, 0.05) is 54.4 Å². The summed E-state index contributed by atoms with van der Waals surface area (Å²) in [7, 11) is 0. The number of aromatic nitrogens is 4. The molecule has 12 rings (SSSR count). The van der Waals surface area contributed by atoms with Crippen LogP contribution in [0.4, 0.5) is 0 Å². The molecule has 8 aliphatic rings. The zero-order valence-electron chi connectivity index (χ0n) is 45.7. The number of nitrogens with zero attached hydrogens (tertiary/aromatic N) is 8. The minimum Gasteiger partial charge on any atom is -0.480 e. The third-order valence-corrected chi connectivity index (χ3v) is 20.5. The first kappa shape index (κ1) is 51.9. The van der Waals surface area contributed by atoms with E-state index >= 15 is 0 Å². The third kappa shape index (κ3) is 11.4. The van der Waals surface area contributed by atoms with E-state index in [4.69, 9.17) is 14.7 Å². The van der Waals surface area contributed by atoms with Crippen LogP contribution in [0.2, 0.25) is 0 Å². The highest BCUT2D eigenvalue weighted by Gasteiger charge is 2.46. The monoisotopic (exact) mass is 1020 g/mol. The largest absolute Gasteiger partial charge is 0.480 e. The lowest BCUT2D eigenvalue weighted by atomic mass is 9.79. The molecule has 12 heteroatoms. The number of rotatable bonds is 11. The number of carboxylic acid groups (broad SMARTS) is 1. The van der Waals surface area contributed by atoms with Crippen LogP contribution in [0, 0.1) is 0 Å². The van der Waals surface area contributed by atoms with Crippen LogP contribution in [-0.2, 0) is 9.59 Å². The molecule has 2 aliphatic carbocycles. The molecule has 1 N–H and O–H groups in total. The number of benzene rings is 2. The van der Waals surface area contributed by atoms with Crippen molar-refractivity contribution >= 4 is 34.0 Å². The van der Waals surface area contributed by atoms with E-state index in [1.165, 1.54) is 172 Å². The van der Waals surface area contributed by atoms with Gasteiger partial charge >= 0.3 is 11.9 Å². The van der Waals surface area contributed by atoms with Crippen molar-refractivity contribution in [3.63, 3.8) is 0 Å². The van der Waals surface area contributed by atoms with E-state index in [9.17, 15) is 14.7 Å². The first-order chi connectivity index (χ1) is 36.9. The second-order valence-corrected chi connectivity index (χ2v) is 25.3. The van der Waals surface area contributed by atoms with E-state index in [1.54, 1.807) is 0 Å². The van der Waals surface area contributed by atoms with Gasteiger partial charge in [-0.2, -0.15) is 0 Å². The fraction of sp³-hybridized carbons (Fsp3) is 0.746. The van der Waals surface area contributed by atoms with Crippen molar-refractivity contribution in [2.75, 3.05) is 26.2 Å². The van der Waals surface area contributed by atoms with Crippen LogP contribution in [0.25, 0.3) is 22.1 Å². The molecule has 0 radical (unpaired) electrons. The second-order valence-electron chi connectivity index (χ2n) is 25.3. The number of imidazole rings is 2. The molecular formula is C63H92N8O4. The van der Waals surface area contributed by atoms with Crippen molar-refractivity contribution in [3.05, 3.63) is 54.1 Å². The molecule has 12 nitrogen and oxygen atoms in total. The normalized spacial score (nSPS) is 31.1. The van der Waals surface area contributed by atoms with Crippen LogP contribution in [0.15, 0.2) is 42.5 Å². The van der Waals surface area contributed by atoms with Crippen molar-refractivity contribution in [2.45, 2.75) is 272 Å². The van der Waals surface area contributed by atoms with Crippen molar-refractivity contribution in [3.8, 4) is 5.75 Å². The first-order valence-electron chi connectivity index (χ1n) is 31.4. The number of carbonyl (C=O) groups excluding carboxylic acids is 1. The zero-order chi connectivity index (χ0) is 50.7. The van der Waals surface area contributed by atoms with Gasteiger partial charge in [0.2, 0.25) is 0 Å². The number of aliphatic carboxylic acids is 1. The Morgan fingerprint density at radius 3 is 1.44 bits per heavy atom. The van der Waals surface area contributed by atoms with Crippen LogP contribution >= 0.6 is 0 Å². The van der Waals surface area contributed by atoms with Gasteiger partial charge in [0.1, 0.15) is 17.4 Å². The van der Waals surface area contributed by atoms with Gasteiger partial charge in [-0.25, -0.2) is 9.97 Å². The summed E-state index contributed by atoms with van der Waals surface area (Å²) in [5.41, 5.74) is 4.26. The van der Waals surface area contributed by atoms with E-state index in [0.29, 0.717) is 42.0 Å². The van der Waals surface area contributed by atoms with Crippen molar-refractivity contribution in [1.29, 1.82) is 0 Å². The molecule has 6 atom stereocenters. The fourth-order valence-electron chi connectivity index (χ4n) is 17.3. The van der Waals surface area contributed by atoms with Crippen LogP contribution in [0.3, 0.4) is 0 Å². The highest BCUT2D eigenvalue weighted by molar-refractivity contribution is 5.81. The summed E-state index contributed by atoms with van der Waals surface area (Å²) < 4.78 is 11.7. The smallest absolute Gasteiger partial charge is 0.325 e. The summed E-state index contributed by atoms with van der Waals surface area (Å²) >= 11 is 0. The van der Waals surface area contributed by atoms with Crippen molar-refractivity contribution in [2.24, 2.45) is 0 Å². The number of carboxylic acids is 1. The molecule has 2 aromatic heterocycles. The van der Waals surface area contributed by atoms with Crippen molar-refractivity contribution in [1.82, 2.24) is 38.7 Å². The van der Waals surface area contributed by atoms with E-state index in [0.717, 1.165) is 92.3 Å². The lowest BCUT2D eigenvalue weighted by molar-refractivity contribution is -0.139. The summed E-state index contributed by atoms with van der Waals surface area (Å²) in [5.74, 6) is 1.72. The summed E-state index contributed by atoms with van der Waals surface area (Å²) in [6, 6.07) is 19.3. The molecule has 4 aromatic rings. The fourth-order valence-corrected chi connectivity index (χ4v) is 17.3. The second kappa shape index (κ2) is 24.0. The maximum Gasteiger partial charge on any atom is 0.325 e. The number of fused-ring (bicyclic) bond motifs is 6. The van der Waals surface area contributed by atoms with Crippen LogP contribution in [0.5, 0.6) is 5.75 Å². The maximum atomic E-state index is 14.4. The lowest BCUT2D eigenvalue weighted by Crippen LogP contribution is -2.56. The summed E-state index contributed by atoms with van der Waals surface area (Å²) in [6.07, 6.45) is 42.1. The van der Waals surface area contributed by atoms with E-state index in [2.05, 4.69) is 65.1 Å². The minimum atomic E-state index is -0.779. The molecule has 8 fully saturated rings. The van der Waals surface area contributed by atoms with Gasteiger partial charge in [-0.05, 0) is 140 Å². The zero-order valence-corrected chi connectivity index (χ0v) is 45.7. The first-order valence-corrected chi connectivity index (χ1v) is 31.4. The van der Waals surface area contributed by atoms with Crippen LogP contribution in [-0.4, -0.2) is 118 Å². The quantitative estimate of drug-likeness (QED) is 0.115. The Balaban J connectivity index is 0.795. The third-order valence-electron chi connectivity index (χ3n) is 20.5. The molecule has 6 aliphatic heterocycles. The number of hydrogen-bond acceptors (Lipinski definition) is 9. The molecule has 6 saturated heterocycles. The molecule has 0 amide bonds. The van der Waals surface area contributed by atoms with Gasteiger partial charge in [-0.1, -0.05) is 121 Å². The van der Waals surface area contributed by atoms with Crippen LogP contribution in [0.1, 0.15) is 248 Å². The van der Waals surface area contributed by atoms with Gasteiger partial charge in [0.05, 0.1) is 47.2 Å². The molecule has 2 saturated carbocycles. The predicted molar refractivity (Wildman–Crippen MR) is 298 cm³/mol. The molecule has 75 heavy (non-hydrogen) atoms. The molecule has 6 unspecified atom stereocenters. The van der Waals surface area contributed by atoms with E-state index < -0.39 is 5.97 Å². The molecular weight excluding hydrogens is 933 g/mol. The Morgan fingerprint density at radius 2 is 0.893 bits per heavy atom. The number of likely N-dealkylation sites (tertiary alicyclic amines) is 2.